The van der Waals surface area contributed by atoms with Crippen molar-refractivity contribution in [2.75, 3.05) is 13.7 Å². The van der Waals surface area contributed by atoms with E-state index in [-0.39, 0.29) is 18.2 Å². The van der Waals surface area contributed by atoms with Crippen LogP contribution >= 0.6 is 23.2 Å². The minimum atomic E-state index is -0.624. The van der Waals surface area contributed by atoms with Gasteiger partial charge in [-0.05, 0) is 49.2 Å². The quantitative estimate of drug-likeness (QED) is 0.696. The fraction of sp³-hybridized carbons (Fsp3) is 0.333. The molecule has 1 N–H and O–H groups in total. The molecule has 150 valence electrons. The third kappa shape index (κ3) is 5.88. The monoisotopic (exact) mass is 422 g/mol. The Kier molecular flexibility index (Phi) is 8.15. The van der Waals surface area contributed by atoms with Gasteiger partial charge in [-0.2, -0.15) is 0 Å². The minimum Gasteiger partial charge on any atom is -0.497 e. The van der Waals surface area contributed by atoms with Gasteiger partial charge in [0.2, 0.25) is 11.8 Å². The number of nitrogens with one attached hydrogen (secondary N) is 1. The molecule has 2 aromatic rings. The molecule has 0 heterocycles. The van der Waals surface area contributed by atoms with Crippen molar-refractivity contribution in [3.63, 3.8) is 0 Å². The first kappa shape index (κ1) is 22.1. The molecule has 0 aliphatic carbocycles. The number of hydrogen-bond donors (Lipinski definition) is 1. The molecule has 28 heavy (non-hydrogen) atoms. The normalized spacial score (nSPS) is 11.6. The third-order valence-electron chi connectivity index (χ3n) is 4.39. The number of likely N-dealkylation sites (N-methyl/N-ethyl adjacent to an activating group) is 1. The Labute approximate surface area is 175 Å². The first-order chi connectivity index (χ1) is 13.3. The highest BCUT2D eigenvalue weighted by Gasteiger charge is 2.26. The van der Waals surface area contributed by atoms with Crippen LogP contribution in [-0.4, -0.2) is 36.4 Å². The van der Waals surface area contributed by atoms with Crippen LogP contribution in [0.3, 0.4) is 0 Å². The van der Waals surface area contributed by atoms with Crippen LogP contribution in [-0.2, 0) is 22.6 Å². The van der Waals surface area contributed by atoms with Crippen molar-refractivity contribution in [1.29, 1.82) is 0 Å². The lowest BCUT2D eigenvalue weighted by molar-refractivity contribution is -0.140. The molecular formula is C21H24Cl2N2O3. The summed E-state index contributed by atoms with van der Waals surface area (Å²) in [7, 11) is 1.60. The summed E-state index contributed by atoms with van der Waals surface area (Å²) in [4.78, 5) is 27.0. The maximum Gasteiger partial charge on any atom is 0.242 e. The van der Waals surface area contributed by atoms with E-state index in [1.807, 2.05) is 31.2 Å². The maximum absolute atomic E-state index is 13.1. The number of amides is 2. The van der Waals surface area contributed by atoms with E-state index in [0.717, 1.165) is 11.3 Å². The Morgan fingerprint density at radius 1 is 1.14 bits per heavy atom. The number of methoxy groups -OCH3 is 1. The van der Waals surface area contributed by atoms with Crippen molar-refractivity contribution in [1.82, 2.24) is 10.2 Å². The molecule has 0 spiro atoms. The van der Waals surface area contributed by atoms with Gasteiger partial charge in [-0.15, -0.1) is 0 Å². The zero-order chi connectivity index (χ0) is 20.7. The predicted octanol–water partition coefficient (Wildman–Crippen LogP) is 4.10. The number of nitrogens with zero attached hydrogens (tertiary/aromatic N) is 1. The maximum atomic E-state index is 13.1. The molecular weight excluding hydrogens is 399 g/mol. The molecule has 0 radical (unpaired) electrons. The lowest BCUT2D eigenvalue weighted by atomic mass is 10.1. The molecule has 0 aliphatic heterocycles. The number of carbonyl (C=O) groups excluding carboxylic acids is 2. The Bertz CT molecular complexity index is 825. The van der Waals surface area contributed by atoms with Gasteiger partial charge in [-0.3, -0.25) is 9.59 Å². The summed E-state index contributed by atoms with van der Waals surface area (Å²) in [5.74, 6) is 0.330. The molecule has 0 bridgehead atoms. The van der Waals surface area contributed by atoms with Gasteiger partial charge in [-0.1, -0.05) is 41.4 Å². The standard InChI is InChI=1S/C21H24Cl2N2O3/c1-4-24-21(27)14(2)25(13-15-5-9-18(28-3)10-6-15)20(26)11-16-7-8-17(22)12-19(16)23/h5-10,12,14H,4,11,13H2,1-3H3,(H,24,27)/t14-/m0/s1. The van der Waals surface area contributed by atoms with E-state index in [2.05, 4.69) is 5.32 Å². The van der Waals surface area contributed by atoms with E-state index in [1.54, 1.807) is 37.1 Å². The molecule has 2 aromatic carbocycles. The molecule has 0 fully saturated rings. The molecule has 0 aromatic heterocycles. The summed E-state index contributed by atoms with van der Waals surface area (Å²) in [5.41, 5.74) is 1.56. The van der Waals surface area contributed by atoms with Crippen LogP contribution < -0.4 is 10.1 Å². The van der Waals surface area contributed by atoms with E-state index >= 15 is 0 Å². The van der Waals surface area contributed by atoms with E-state index < -0.39 is 6.04 Å². The minimum absolute atomic E-state index is 0.0793. The largest absolute Gasteiger partial charge is 0.497 e. The fourth-order valence-corrected chi connectivity index (χ4v) is 3.24. The fourth-order valence-electron chi connectivity index (χ4n) is 2.76. The van der Waals surface area contributed by atoms with Gasteiger partial charge in [0.15, 0.2) is 0 Å². The van der Waals surface area contributed by atoms with Gasteiger partial charge in [0, 0.05) is 23.1 Å². The Morgan fingerprint density at radius 3 is 2.39 bits per heavy atom. The molecule has 0 unspecified atom stereocenters. The zero-order valence-corrected chi connectivity index (χ0v) is 17.7. The summed E-state index contributed by atoms with van der Waals surface area (Å²) in [6.45, 7) is 4.35. The van der Waals surface area contributed by atoms with Crippen molar-refractivity contribution in [3.05, 3.63) is 63.6 Å². The Balaban J connectivity index is 2.24. The van der Waals surface area contributed by atoms with E-state index in [4.69, 9.17) is 27.9 Å². The van der Waals surface area contributed by atoms with Crippen LogP contribution in [0.25, 0.3) is 0 Å². The van der Waals surface area contributed by atoms with Crippen LogP contribution in [0.1, 0.15) is 25.0 Å². The molecule has 0 saturated carbocycles. The van der Waals surface area contributed by atoms with Crippen molar-refractivity contribution < 1.29 is 14.3 Å². The Morgan fingerprint density at radius 2 is 1.82 bits per heavy atom. The molecule has 5 nitrogen and oxygen atoms in total. The van der Waals surface area contributed by atoms with Crippen LogP contribution in [0.15, 0.2) is 42.5 Å². The van der Waals surface area contributed by atoms with Gasteiger partial charge in [0.25, 0.3) is 0 Å². The number of halogens is 2. The second-order valence-corrected chi connectivity index (χ2v) is 7.20. The van der Waals surface area contributed by atoms with Crippen LogP contribution in [0.2, 0.25) is 10.0 Å². The van der Waals surface area contributed by atoms with Gasteiger partial charge < -0.3 is 15.0 Å². The van der Waals surface area contributed by atoms with E-state index in [1.165, 1.54) is 0 Å². The average molecular weight is 423 g/mol. The van der Waals surface area contributed by atoms with Gasteiger partial charge in [0.05, 0.1) is 13.5 Å². The second kappa shape index (κ2) is 10.3. The van der Waals surface area contributed by atoms with E-state index in [9.17, 15) is 9.59 Å². The van der Waals surface area contributed by atoms with Crippen LogP contribution in [0, 0.1) is 0 Å². The first-order valence-electron chi connectivity index (χ1n) is 8.99. The molecule has 2 amide bonds. The Hall–Kier alpha value is -2.24. The molecule has 2 rings (SSSR count). The smallest absolute Gasteiger partial charge is 0.242 e. The summed E-state index contributed by atoms with van der Waals surface area (Å²) >= 11 is 12.1. The summed E-state index contributed by atoms with van der Waals surface area (Å²) < 4.78 is 5.17. The van der Waals surface area contributed by atoms with Crippen LogP contribution in [0.4, 0.5) is 0 Å². The number of rotatable bonds is 8. The highest BCUT2D eigenvalue weighted by atomic mass is 35.5. The van der Waals surface area contributed by atoms with Crippen molar-refractivity contribution >= 4 is 35.0 Å². The highest BCUT2D eigenvalue weighted by Crippen LogP contribution is 2.23. The van der Waals surface area contributed by atoms with Gasteiger partial charge in [-0.25, -0.2) is 0 Å². The number of benzene rings is 2. The average Bonchev–Trinajstić information content (AvgIpc) is 2.68. The topological polar surface area (TPSA) is 58.6 Å². The van der Waals surface area contributed by atoms with Gasteiger partial charge >= 0.3 is 0 Å². The zero-order valence-electron chi connectivity index (χ0n) is 16.2. The predicted molar refractivity (Wildman–Crippen MR) is 112 cm³/mol. The van der Waals surface area contributed by atoms with Crippen molar-refractivity contribution in [2.24, 2.45) is 0 Å². The number of hydrogen-bond acceptors (Lipinski definition) is 3. The van der Waals surface area contributed by atoms with Crippen molar-refractivity contribution in [3.8, 4) is 5.75 Å². The summed E-state index contributed by atoms with van der Waals surface area (Å²) in [5, 5.41) is 3.70. The highest BCUT2D eigenvalue weighted by molar-refractivity contribution is 6.35. The van der Waals surface area contributed by atoms with Gasteiger partial charge in [0.1, 0.15) is 11.8 Å². The second-order valence-electron chi connectivity index (χ2n) is 6.35. The summed E-state index contributed by atoms with van der Waals surface area (Å²) in [6, 6.07) is 11.8. The van der Waals surface area contributed by atoms with E-state index in [0.29, 0.717) is 28.7 Å². The number of carbonyl (C=O) groups is 2. The third-order valence-corrected chi connectivity index (χ3v) is 4.97. The summed E-state index contributed by atoms with van der Waals surface area (Å²) in [6.07, 6.45) is 0.0793. The SMILES string of the molecule is CCNC(=O)[C@H](C)N(Cc1ccc(OC)cc1)C(=O)Cc1ccc(Cl)cc1Cl. The van der Waals surface area contributed by atoms with Crippen LogP contribution in [0.5, 0.6) is 5.75 Å². The lowest BCUT2D eigenvalue weighted by Gasteiger charge is -2.29. The molecule has 0 saturated heterocycles. The molecule has 0 aliphatic rings. The van der Waals surface area contributed by atoms with Crippen molar-refractivity contribution in [2.45, 2.75) is 32.9 Å². The first-order valence-corrected chi connectivity index (χ1v) is 9.75. The number of ether oxygens (including phenoxy) is 1. The molecule has 1 atom stereocenters. The lowest BCUT2D eigenvalue weighted by Crippen LogP contribution is -2.48. The molecule has 7 heteroatoms.